The van der Waals surface area contributed by atoms with Crippen molar-refractivity contribution in [2.75, 3.05) is 0 Å². The van der Waals surface area contributed by atoms with Gasteiger partial charge in [-0.2, -0.15) is 4.68 Å². The number of nitrogens with zero attached hydrogens (tertiary/aromatic N) is 4. The summed E-state index contributed by atoms with van der Waals surface area (Å²) in [5.74, 6) is 0.989. The molecule has 14 heavy (non-hydrogen) atoms. The van der Waals surface area contributed by atoms with E-state index in [0.717, 1.165) is 12.0 Å². The molecule has 0 amide bonds. The van der Waals surface area contributed by atoms with Crippen LogP contribution >= 0.6 is 0 Å². The standard InChI is InChI=1S/C9H12N4O/c1-6-3-4-7(2)9-10-11-12-13(9)8(14)5-6/h3,5,7,14H,4H2,1-2H3/t7-/m0/s1. The van der Waals surface area contributed by atoms with Gasteiger partial charge >= 0.3 is 0 Å². The molecule has 0 aromatic carbocycles. The molecular weight excluding hydrogens is 180 g/mol. The summed E-state index contributed by atoms with van der Waals surface area (Å²) in [7, 11) is 0. The normalized spacial score (nSPS) is 21.7. The average Bonchev–Trinajstić information content (AvgIpc) is 2.60. The smallest absolute Gasteiger partial charge is 0.215 e. The fourth-order valence-corrected chi connectivity index (χ4v) is 1.46. The molecule has 0 unspecified atom stereocenters. The first-order chi connectivity index (χ1) is 6.68. The van der Waals surface area contributed by atoms with E-state index in [-0.39, 0.29) is 11.8 Å². The molecule has 0 saturated heterocycles. The van der Waals surface area contributed by atoms with E-state index in [2.05, 4.69) is 21.6 Å². The van der Waals surface area contributed by atoms with Gasteiger partial charge in [-0.15, -0.1) is 5.10 Å². The van der Waals surface area contributed by atoms with Crippen LogP contribution in [0.2, 0.25) is 0 Å². The van der Waals surface area contributed by atoms with Crippen LogP contribution in [0.25, 0.3) is 5.88 Å². The third-order valence-electron chi connectivity index (χ3n) is 2.30. The van der Waals surface area contributed by atoms with Crippen LogP contribution in [0, 0.1) is 0 Å². The summed E-state index contributed by atoms with van der Waals surface area (Å²) in [4.78, 5) is 0. The van der Waals surface area contributed by atoms with E-state index in [1.807, 2.05) is 13.8 Å². The monoisotopic (exact) mass is 192 g/mol. The van der Waals surface area contributed by atoms with Gasteiger partial charge in [-0.1, -0.05) is 13.0 Å². The van der Waals surface area contributed by atoms with E-state index in [4.69, 9.17) is 0 Å². The zero-order valence-electron chi connectivity index (χ0n) is 8.18. The largest absolute Gasteiger partial charge is 0.493 e. The van der Waals surface area contributed by atoms with E-state index >= 15 is 0 Å². The highest BCUT2D eigenvalue weighted by molar-refractivity contribution is 5.42. The lowest BCUT2D eigenvalue weighted by molar-refractivity contribution is 0.442. The van der Waals surface area contributed by atoms with Crippen molar-refractivity contribution in [1.29, 1.82) is 0 Å². The van der Waals surface area contributed by atoms with Crippen molar-refractivity contribution < 1.29 is 5.11 Å². The summed E-state index contributed by atoms with van der Waals surface area (Å²) in [5, 5.41) is 20.9. The number of allylic oxidation sites excluding steroid dienone is 3. The molecule has 1 aliphatic rings. The van der Waals surface area contributed by atoms with Gasteiger partial charge < -0.3 is 5.11 Å². The first-order valence-corrected chi connectivity index (χ1v) is 4.54. The lowest BCUT2D eigenvalue weighted by Crippen LogP contribution is -2.09. The minimum Gasteiger partial charge on any atom is -0.493 e. The fraction of sp³-hybridized carbons (Fsp3) is 0.444. The van der Waals surface area contributed by atoms with Crippen LogP contribution in [0.15, 0.2) is 17.7 Å². The van der Waals surface area contributed by atoms with E-state index in [0.29, 0.717) is 5.82 Å². The molecule has 1 atom stereocenters. The lowest BCUT2D eigenvalue weighted by atomic mass is 10.0. The summed E-state index contributed by atoms with van der Waals surface area (Å²) in [6.45, 7) is 3.98. The van der Waals surface area contributed by atoms with Crippen molar-refractivity contribution in [3.8, 4) is 0 Å². The van der Waals surface area contributed by atoms with Crippen molar-refractivity contribution in [3.63, 3.8) is 0 Å². The zero-order chi connectivity index (χ0) is 10.1. The Kier molecular flexibility index (Phi) is 2.07. The zero-order valence-corrected chi connectivity index (χ0v) is 8.18. The van der Waals surface area contributed by atoms with Gasteiger partial charge in [0, 0.05) is 12.0 Å². The average molecular weight is 192 g/mol. The topological polar surface area (TPSA) is 63.8 Å². The molecule has 1 N–H and O–H groups in total. The second-order valence-corrected chi connectivity index (χ2v) is 3.54. The van der Waals surface area contributed by atoms with Gasteiger partial charge in [0.25, 0.3) is 0 Å². The highest BCUT2D eigenvalue weighted by Gasteiger charge is 2.17. The summed E-state index contributed by atoms with van der Waals surface area (Å²) >= 11 is 0. The summed E-state index contributed by atoms with van der Waals surface area (Å²) in [5.41, 5.74) is 1.02. The Hall–Kier alpha value is -1.65. The van der Waals surface area contributed by atoms with Crippen molar-refractivity contribution in [3.05, 3.63) is 23.5 Å². The lowest BCUT2D eigenvalue weighted by Gasteiger charge is -2.11. The maximum atomic E-state index is 9.68. The van der Waals surface area contributed by atoms with Gasteiger partial charge in [0.1, 0.15) is 0 Å². The number of aliphatic hydroxyl groups excluding tert-OH is 1. The van der Waals surface area contributed by atoms with Gasteiger partial charge in [0.2, 0.25) is 5.88 Å². The third kappa shape index (κ3) is 1.41. The highest BCUT2D eigenvalue weighted by atomic mass is 16.3. The number of aliphatic hydroxyl groups is 1. The second-order valence-electron chi connectivity index (χ2n) is 3.54. The van der Waals surface area contributed by atoms with Crippen molar-refractivity contribution in [2.45, 2.75) is 26.2 Å². The Morgan fingerprint density at radius 3 is 3.14 bits per heavy atom. The van der Waals surface area contributed by atoms with Gasteiger partial charge in [-0.05, 0) is 29.3 Å². The molecule has 1 aliphatic heterocycles. The SMILES string of the molecule is CC1=CC[C@H](C)c2nnnn2C(O)=C1. The van der Waals surface area contributed by atoms with Gasteiger partial charge in [0.15, 0.2) is 5.82 Å². The van der Waals surface area contributed by atoms with E-state index in [1.54, 1.807) is 6.08 Å². The van der Waals surface area contributed by atoms with E-state index in [1.165, 1.54) is 4.68 Å². The van der Waals surface area contributed by atoms with Crippen molar-refractivity contribution >= 4 is 5.88 Å². The van der Waals surface area contributed by atoms with Crippen LogP contribution in [0.5, 0.6) is 0 Å². The summed E-state index contributed by atoms with van der Waals surface area (Å²) in [6.07, 6.45) is 4.61. The van der Waals surface area contributed by atoms with Crippen LogP contribution in [0.3, 0.4) is 0 Å². The molecule has 1 aromatic heterocycles. The fourth-order valence-electron chi connectivity index (χ4n) is 1.46. The van der Waals surface area contributed by atoms with Gasteiger partial charge in [0.05, 0.1) is 0 Å². The van der Waals surface area contributed by atoms with Crippen LogP contribution < -0.4 is 0 Å². The molecule has 0 aliphatic carbocycles. The molecule has 74 valence electrons. The molecule has 0 saturated carbocycles. The van der Waals surface area contributed by atoms with Gasteiger partial charge in [-0.25, -0.2) is 0 Å². The molecule has 0 bridgehead atoms. The highest BCUT2D eigenvalue weighted by Crippen LogP contribution is 2.22. The van der Waals surface area contributed by atoms with Crippen LogP contribution in [0.4, 0.5) is 0 Å². The van der Waals surface area contributed by atoms with Crippen LogP contribution in [-0.4, -0.2) is 25.3 Å². The van der Waals surface area contributed by atoms with Crippen molar-refractivity contribution in [2.24, 2.45) is 0 Å². The minimum absolute atomic E-state index is 0.0744. The number of hydrogen-bond donors (Lipinski definition) is 1. The molecule has 0 spiro atoms. The number of hydrogen-bond acceptors (Lipinski definition) is 4. The van der Waals surface area contributed by atoms with E-state index in [9.17, 15) is 5.11 Å². The van der Waals surface area contributed by atoms with Crippen molar-refractivity contribution in [1.82, 2.24) is 20.2 Å². The summed E-state index contributed by atoms with van der Waals surface area (Å²) < 4.78 is 1.38. The predicted molar refractivity (Wildman–Crippen MR) is 51.5 cm³/mol. The molecule has 5 nitrogen and oxygen atoms in total. The molecule has 2 heterocycles. The maximum absolute atomic E-state index is 9.68. The third-order valence-corrected chi connectivity index (χ3v) is 2.30. The molecule has 0 radical (unpaired) electrons. The molecule has 0 fully saturated rings. The van der Waals surface area contributed by atoms with E-state index < -0.39 is 0 Å². The minimum atomic E-state index is 0.0744. The maximum Gasteiger partial charge on any atom is 0.215 e. The first kappa shape index (κ1) is 8.93. The second kappa shape index (κ2) is 3.25. The Bertz CT molecular complexity index is 405. The number of fused-ring (bicyclic) bond motifs is 1. The number of tetrazole rings is 1. The quantitative estimate of drug-likeness (QED) is 0.676. The molecular formula is C9H12N4O. The Labute approximate surface area is 81.7 Å². The summed E-state index contributed by atoms with van der Waals surface area (Å²) in [6, 6.07) is 0. The van der Waals surface area contributed by atoms with Crippen LogP contribution in [-0.2, 0) is 0 Å². The Balaban J connectivity index is 2.53. The first-order valence-electron chi connectivity index (χ1n) is 4.54. The van der Waals surface area contributed by atoms with Crippen LogP contribution in [0.1, 0.15) is 32.0 Å². The Morgan fingerprint density at radius 1 is 1.57 bits per heavy atom. The Morgan fingerprint density at radius 2 is 2.36 bits per heavy atom. The predicted octanol–water partition coefficient (Wildman–Crippen LogP) is 1.48. The number of rotatable bonds is 0. The molecule has 1 aromatic rings. The molecule has 5 heteroatoms. The molecule has 2 rings (SSSR count). The number of aromatic nitrogens is 4. The van der Waals surface area contributed by atoms with Gasteiger partial charge in [-0.3, -0.25) is 0 Å².